The number of nitrogens with zero attached hydrogens (tertiary/aromatic N) is 2. The Morgan fingerprint density at radius 3 is 2.45 bits per heavy atom. The van der Waals surface area contributed by atoms with Crippen LogP contribution < -0.4 is 0 Å². The number of ether oxygens (including phenoxy) is 1. The van der Waals surface area contributed by atoms with E-state index in [1.807, 2.05) is 45.0 Å². The van der Waals surface area contributed by atoms with Gasteiger partial charge in [-0.05, 0) is 38.5 Å². The van der Waals surface area contributed by atoms with Gasteiger partial charge < -0.3 is 4.74 Å². The monoisotopic (exact) mass is 272 g/mol. The van der Waals surface area contributed by atoms with Gasteiger partial charge in [0.1, 0.15) is 5.60 Å². The van der Waals surface area contributed by atoms with Crippen LogP contribution in [0.1, 0.15) is 31.9 Å². The molecule has 1 saturated heterocycles. The molecule has 0 atom stereocenters. The topological polar surface area (TPSA) is 53.3 Å². The molecule has 0 bridgehead atoms. The van der Waals surface area contributed by atoms with Crippen molar-refractivity contribution in [3.63, 3.8) is 0 Å². The molecular weight excluding hydrogens is 252 g/mol. The van der Waals surface area contributed by atoms with Gasteiger partial charge in [-0.2, -0.15) is 5.26 Å². The lowest BCUT2D eigenvalue weighted by molar-refractivity contribution is -0.166. The normalized spacial score (nSPS) is 16.3. The summed E-state index contributed by atoms with van der Waals surface area (Å²) in [6.45, 7) is 7.96. The largest absolute Gasteiger partial charge is 0.460 e. The Kier molecular flexibility index (Phi) is 4.10. The van der Waals surface area contributed by atoms with Crippen LogP contribution in [0.5, 0.6) is 0 Å². The molecule has 0 unspecified atom stereocenters. The number of rotatable bonds is 3. The Labute approximate surface area is 120 Å². The van der Waals surface area contributed by atoms with Crippen molar-refractivity contribution in [1.82, 2.24) is 4.90 Å². The number of carbonyl (C=O) groups is 1. The van der Waals surface area contributed by atoms with Crippen LogP contribution in [0.4, 0.5) is 0 Å². The number of likely N-dealkylation sites (tertiary alicyclic amines) is 1. The quantitative estimate of drug-likeness (QED) is 0.792. The Morgan fingerprint density at radius 2 is 1.95 bits per heavy atom. The molecule has 106 valence electrons. The van der Waals surface area contributed by atoms with E-state index in [0.29, 0.717) is 5.56 Å². The third-order valence-electron chi connectivity index (χ3n) is 3.19. The number of esters is 1. The summed E-state index contributed by atoms with van der Waals surface area (Å²) in [5.41, 5.74) is 1.42. The van der Waals surface area contributed by atoms with E-state index in [4.69, 9.17) is 10.00 Å². The predicted octanol–water partition coefficient (Wildman–Crippen LogP) is 2.33. The highest BCUT2D eigenvalue weighted by atomic mass is 16.6. The van der Waals surface area contributed by atoms with Crippen molar-refractivity contribution in [3.8, 4) is 6.07 Å². The molecule has 0 aromatic heterocycles. The molecule has 0 amide bonds. The molecule has 1 fully saturated rings. The van der Waals surface area contributed by atoms with E-state index >= 15 is 0 Å². The first-order valence-corrected chi connectivity index (χ1v) is 6.81. The lowest BCUT2D eigenvalue weighted by Crippen LogP contribution is -2.51. The molecule has 0 N–H and O–H groups in total. The minimum absolute atomic E-state index is 0.00685. The third-order valence-corrected chi connectivity index (χ3v) is 3.19. The highest BCUT2D eigenvalue weighted by molar-refractivity contribution is 5.74. The summed E-state index contributed by atoms with van der Waals surface area (Å²) < 4.78 is 5.37. The highest BCUT2D eigenvalue weighted by Gasteiger charge is 2.35. The molecule has 1 aromatic rings. The summed E-state index contributed by atoms with van der Waals surface area (Å²) in [6.07, 6.45) is 0. The summed E-state index contributed by atoms with van der Waals surface area (Å²) in [5, 5.41) is 8.74. The molecule has 4 nitrogen and oxygen atoms in total. The van der Waals surface area contributed by atoms with E-state index in [1.165, 1.54) is 0 Å². The predicted molar refractivity (Wildman–Crippen MR) is 75.8 cm³/mol. The first kappa shape index (κ1) is 14.5. The lowest BCUT2D eigenvalue weighted by atomic mass is 9.99. The zero-order valence-electron chi connectivity index (χ0n) is 12.2. The van der Waals surface area contributed by atoms with E-state index in [0.717, 1.165) is 25.2 Å². The van der Waals surface area contributed by atoms with Gasteiger partial charge in [-0.3, -0.25) is 9.69 Å². The average Bonchev–Trinajstić information content (AvgIpc) is 2.31. The van der Waals surface area contributed by atoms with Crippen LogP contribution in [0.15, 0.2) is 24.3 Å². The van der Waals surface area contributed by atoms with E-state index in [1.54, 1.807) is 0 Å². The van der Waals surface area contributed by atoms with Crippen LogP contribution in [0.25, 0.3) is 0 Å². The second-order valence-corrected chi connectivity index (χ2v) is 6.23. The minimum atomic E-state index is -0.412. The summed E-state index contributed by atoms with van der Waals surface area (Å²) in [6, 6.07) is 9.66. The highest BCUT2D eigenvalue weighted by Crippen LogP contribution is 2.22. The van der Waals surface area contributed by atoms with Gasteiger partial charge in [0.25, 0.3) is 0 Å². The maximum absolute atomic E-state index is 11.8. The molecule has 0 spiro atoms. The first-order chi connectivity index (χ1) is 9.37. The van der Waals surface area contributed by atoms with Crippen LogP contribution in [0.2, 0.25) is 0 Å². The van der Waals surface area contributed by atoms with Crippen LogP contribution in [-0.2, 0) is 16.1 Å². The van der Waals surface area contributed by atoms with Gasteiger partial charge in [0.2, 0.25) is 0 Å². The van der Waals surface area contributed by atoms with Crippen molar-refractivity contribution in [3.05, 3.63) is 35.4 Å². The molecule has 1 aromatic carbocycles. The summed E-state index contributed by atoms with van der Waals surface area (Å²) >= 11 is 0. The molecule has 1 aliphatic rings. The molecule has 0 aliphatic carbocycles. The molecular formula is C16H20N2O2. The molecule has 2 rings (SSSR count). The van der Waals surface area contributed by atoms with Crippen molar-refractivity contribution >= 4 is 5.97 Å². The van der Waals surface area contributed by atoms with E-state index in [-0.39, 0.29) is 11.9 Å². The summed E-state index contributed by atoms with van der Waals surface area (Å²) in [4.78, 5) is 14.0. The zero-order chi connectivity index (χ0) is 14.8. The van der Waals surface area contributed by atoms with Crippen LogP contribution in [-0.4, -0.2) is 29.6 Å². The second-order valence-electron chi connectivity index (χ2n) is 6.23. The molecule has 1 aliphatic heterocycles. The molecule has 1 heterocycles. The fourth-order valence-corrected chi connectivity index (χ4v) is 2.18. The van der Waals surface area contributed by atoms with Crippen molar-refractivity contribution < 1.29 is 9.53 Å². The van der Waals surface area contributed by atoms with Crippen LogP contribution in [0, 0.1) is 17.2 Å². The van der Waals surface area contributed by atoms with Gasteiger partial charge in [-0.15, -0.1) is 0 Å². The van der Waals surface area contributed by atoms with Crippen molar-refractivity contribution in [2.75, 3.05) is 13.1 Å². The molecule has 0 radical (unpaired) electrons. The molecule has 4 heteroatoms. The second kappa shape index (κ2) is 5.64. The fourth-order valence-electron chi connectivity index (χ4n) is 2.18. The Hall–Kier alpha value is -1.86. The van der Waals surface area contributed by atoms with Gasteiger partial charge in [-0.1, -0.05) is 12.1 Å². The van der Waals surface area contributed by atoms with Gasteiger partial charge >= 0.3 is 5.97 Å². The maximum Gasteiger partial charge on any atom is 0.312 e. The summed E-state index contributed by atoms with van der Waals surface area (Å²) in [5.74, 6) is -0.110. The number of benzene rings is 1. The van der Waals surface area contributed by atoms with E-state index in [2.05, 4.69) is 11.0 Å². The van der Waals surface area contributed by atoms with Crippen LogP contribution >= 0.6 is 0 Å². The number of nitriles is 1. The summed E-state index contributed by atoms with van der Waals surface area (Å²) in [7, 11) is 0. The molecule has 0 saturated carbocycles. The Bertz CT molecular complexity index is 517. The third kappa shape index (κ3) is 3.82. The van der Waals surface area contributed by atoms with Gasteiger partial charge in [0.05, 0.1) is 17.6 Å². The van der Waals surface area contributed by atoms with E-state index < -0.39 is 5.60 Å². The number of hydrogen-bond donors (Lipinski definition) is 0. The number of carbonyl (C=O) groups excluding carboxylic acids is 1. The van der Waals surface area contributed by atoms with Crippen molar-refractivity contribution in [2.24, 2.45) is 5.92 Å². The number of hydrogen-bond acceptors (Lipinski definition) is 4. The smallest absolute Gasteiger partial charge is 0.312 e. The standard InChI is InChI=1S/C16H20N2O2/c1-16(2,3)20-15(19)14-10-18(11-14)9-13-6-4-12(8-17)5-7-13/h4-7,14H,9-11H2,1-3H3. The molecule has 20 heavy (non-hydrogen) atoms. The first-order valence-electron chi connectivity index (χ1n) is 6.81. The van der Waals surface area contributed by atoms with Crippen molar-refractivity contribution in [2.45, 2.75) is 32.9 Å². The fraction of sp³-hybridized carbons (Fsp3) is 0.500. The zero-order valence-corrected chi connectivity index (χ0v) is 12.2. The maximum atomic E-state index is 11.8. The van der Waals surface area contributed by atoms with Gasteiger partial charge in [0.15, 0.2) is 0 Å². The van der Waals surface area contributed by atoms with E-state index in [9.17, 15) is 4.79 Å². The Balaban J connectivity index is 1.79. The SMILES string of the molecule is CC(C)(C)OC(=O)C1CN(Cc2ccc(C#N)cc2)C1. The van der Waals surface area contributed by atoms with Gasteiger partial charge in [-0.25, -0.2) is 0 Å². The Morgan fingerprint density at radius 1 is 1.35 bits per heavy atom. The lowest BCUT2D eigenvalue weighted by Gasteiger charge is -2.38. The van der Waals surface area contributed by atoms with Crippen molar-refractivity contribution in [1.29, 1.82) is 5.26 Å². The van der Waals surface area contributed by atoms with Gasteiger partial charge in [0, 0.05) is 19.6 Å². The average molecular weight is 272 g/mol. The van der Waals surface area contributed by atoms with Crippen LogP contribution in [0.3, 0.4) is 0 Å². The minimum Gasteiger partial charge on any atom is -0.460 e.